The second kappa shape index (κ2) is 8.75. The van der Waals surface area contributed by atoms with Crippen molar-refractivity contribution in [2.45, 2.75) is 20.3 Å². The Balaban J connectivity index is 4.28. The van der Waals surface area contributed by atoms with E-state index in [4.69, 9.17) is 4.74 Å². The van der Waals surface area contributed by atoms with Gasteiger partial charge in [-0.2, -0.15) is 0 Å². The number of rotatable bonds is 8. The lowest BCUT2D eigenvalue weighted by Gasteiger charge is -2.21. The van der Waals surface area contributed by atoms with Crippen LogP contribution in [0.3, 0.4) is 0 Å². The van der Waals surface area contributed by atoms with Gasteiger partial charge in [0, 0.05) is 19.2 Å². The molecule has 0 fully saturated rings. The van der Waals surface area contributed by atoms with Crippen LogP contribution >= 0.6 is 0 Å². The lowest BCUT2D eigenvalue weighted by molar-refractivity contribution is -0.139. The minimum Gasteiger partial charge on any atom is -0.463 e. The van der Waals surface area contributed by atoms with E-state index in [2.05, 4.69) is 11.9 Å². The van der Waals surface area contributed by atoms with Gasteiger partial charge in [0.1, 0.15) is 0 Å². The normalized spacial score (nSPS) is 10.1. The number of hydrogen-bond donors (Lipinski definition) is 1. The van der Waals surface area contributed by atoms with E-state index >= 15 is 0 Å². The van der Waals surface area contributed by atoms with Crippen LogP contribution in [0.25, 0.3) is 0 Å². The molecule has 0 spiro atoms. The average molecular weight is 242 g/mol. The van der Waals surface area contributed by atoms with Crippen LogP contribution in [0.5, 0.6) is 0 Å². The van der Waals surface area contributed by atoms with Crippen LogP contribution in [-0.4, -0.2) is 50.1 Å². The van der Waals surface area contributed by atoms with Gasteiger partial charge in [-0.1, -0.05) is 13.5 Å². The first-order chi connectivity index (χ1) is 8.04. The first-order valence-electron chi connectivity index (χ1n) is 5.82. The third-order valence-corrected chi connectivity index (χ3v) is 2.16. The van der Waals surface area contributed by atoms with Gasteiger partial charge in [0.05, 0.1) is 13.2 Å². The van der Waals surface area contributed by atoms with Crippen LogP contribution in [0.15, 0.2) is 12.2 Å². The molecular formula is C12H22N2O3. The van der Waals surface area contributed by atoms with E-state index in [0.717, 1.165) is 13.0 Å². The first-order valence-corrected chi connectivity index (χ1v) is 5.82. The Morgan fingerprint density at radius 2 is 1.94 bits per heavy atom. The second-order valence-corrected chi connectivity index (χ2v) is 3.71. The van der Waals surface area contributed by atoms with Gasteiger partial charge >= 0.3 is 5.97 Å². The molecule has 17 heavy (non-hydrogen) atoms. The molecule has 0 aromatic rings. The van der Waals surface area contributed by atoms with Gasteiger partial charge in [-0.3, -0.25) is 9.69 Å². The number of nitrogens with zero attached hydrogens (tertiary/aromatic N) is 1. The Kier molecular flexibility index (Phi) is 8.05. The highest BCUT2D eigenvalue weighted by Crippen LogP contribution is 2.01. The zero-order valence-electron chi connectivity index (χ0n) is 10.9. The Morgan fingerprint density at radius 3 is 2.41 bits per heavy atom. The summed E-state index contributed by atoms with van der Waals surface area (Å²) in [4.78, 5) is 24.5. The lowest BCUT2D eigenvalue weighted by Crippen LogP contribution is -2.38. The summed E-state index contributed by atoms with van der Waals surface area (Å²) in [6, 6.07) is 0. The molecule has 0 atom stereocenters. The van der Waals surface area contributed by atoms with Crippen LogP contribution in [0.4, 0.5) is 0 Å². The SMILES string of the molecule is C=C(CN(CCC)CC(=O)NC)C(=O)OCC. The highest BCUT2D eigenvalue weighted by molar-refractivity contribution is 5.88. The molecule has 0 aromatic carbocycles. The summed E-state index contributed by atoms with van der Waals surface area (Å²) in [7, 11) is 1.59. The van der Waals surface area contributed by atoms with Crippen molar-refractivity contribution in [1.82, 2.24) is 10.2 Å². The molecule has 98 valence electrons. The van der Waals surface area contributed by atoms with E-state index in [-0.39, 0.29) is 12.5 Å². The number of ether oxygens (including phenoxy) is 1. The predicted molar refractivity (Wildman–Crippen MR) is 66.6 cm³/mol. The molecule has 0 aliphatic heterocycles. The average Bonchev–Trinajstić information content (AvgIpc) is 2.29. The standard InChI is InChI=1S/C12H22N2O3/c1-5-7-14(9-11(15)13-4)8-10(3)12(16)17-6-2/h3,5-9H2,1-2,4H3,(H,13,15). The number of nitrogens with one attached hydrogen (secondary N) is 1. The summed E-state index contributed by atoms with van der Waals surface area (Å²) in [5.41, 5.74) is 0.379. The summed E-state index contributed by atoms with van der Waals surface area (Å²) < 4.78 is 4.85. The van der Waals surface area contributed by atoms with Gasteiger partial charge < -0.3 is 10.1 Å². The summed E-state index contributed by atoms with van der Waals surface area (Å²) in [6.45, 7) is 9.15. The Bertz CT molecular complexity index is 277. The minimum absolute atomic E-state index is 0.0740. The van der Waals surface area contributed by atoms with Crippen molar-refractivity contribution >= 4 is 11.9 Å². The van der Waals surface area contributed by atoms with Crippen molar-refractivity contribution in [2.24, 2.45) is 0 Å². The van der Waals surface area contributed by atoms with Crippen LogP contribution in [0.2, 0.25) is 0 Å². The molecule has 0 rings (SSSR count). The van der Waals surface area contributed by atoms with Gasteiger partial charge in [-0.25, -0.2) is 4.79 Å². The van der Waals surface area contributed by atoms with Gasteiger partial charge in [0.2, 0.25) is 5.91 Å². The third kappa shape index (κ3) is 6.73. The molecule has 5 nitrogen and oxygen atoms in total. The van der Waals surface area contributed by atoms with Crippen molar-refractivity contribution in [3.8, 4) is 0 Å². The molecule has 0 aromatic heterocycles. The molecular weight excluding hydrogens is 220 g/mol. The van der Waals surface area contributed by atoms with Crippen molar-refractivity contribution in [1.29, 1.82) is 0 Å². The topological polar surface area (TPSA) is 58.6 Å². The third-order valence-electron chi connectivity index (χ3n) is 2.16. The Labute approximate surface area is 103 Å². The molecule has 0 bridgehead atoms. The predicted octanol–water partition coefficient (Wildman–Crippen LogP) is 0.564. The van der Waals surface area contributed by atoms with Crippen molar-refractivity contribution < 1.29 is 14.3 Å². The summed E-state index contributed by atoms with van der Waals surface area (Å²) >= 11 is 0. The largest absolute Gasteiger partial charge is 0.463 e. The Morgan fingerprint density at radius 1 is 1.29 bits per heavy atom. The molecule has 0 saturated heterocycles. The number of esters is 1. The fraction of sp³-hybridized carbons (Fsp3) is 0.667. The van der Waals surface area contributed by atoms with Crippen LogP contribution in [0.1, 0.15) is 20.3 Å². The zero-order valence-corrected chi connectivity index (χ0v) is 10.9. The van der Waals surface area contributed by atoms with E-state index < -0.39 is 5.97 Å². The Hall–Kier alpha value is -1.36. The minimum atomic E-state index is -0.398. The number of likely N-dealkylation sites (N-methyl/N-ethyl adjacent to an activating group) is 1. The van der Waals surface area contributed by atoms with E-state index in [9.17, 15) is 9.59 Å². The van der Waals surface area contributed by atoms with Crippen LogP contribution in [-0.2, 0) is 14.3 Å². The lowest BCUT2D eigenvalue weighted by atomic mass is 10.2. The molecule has 1 amide bonds. The van der Waals surface area contributed by atoms with Gasteiger partial charge in [-0.15, -0.1) is 0 Å². The fourth-order valence-corrected chi connectivity index (χ4v) is 1.38. The molecule has 0 aliphatic carbocycles. The molecule has 1 N–H and O–H groups in total. The maximum absolute atomic E-state index is 11.4. The first kappa shape index (κ1) is 15.6. The second-order valence-electron chi connectivity index (χ2n) is 3.71. The maximum atomic E-state index is 11.4. The zero-order chi connectivity index (χ0) is 13.3. The van der Waals surface area contributed by atoms with E-state index in [1.165, 1.54) is 0 Å². The fourth-order valence-electron chi connectivity index (χ4n) is 1.38. The monoisotopic (exact) mass is 242 g/mol. The van der Waals surface area contributed by atoms with E-state index in [1.54, 1.807) is 14.0 Å². The molecule has 0 aliphatic rings. The molecule has 0 radical (unpaired) electrons. The van der Waals surface area contributed by atoms with Crippen molar-refractivity contribution in [2.75, 3.05) is 33.3 Å². The summed E-state index contributed by atoms with van der Waals surface area (Å²) in [5, 5.41) is 2.56. The van der Waals surface area contributed by atoms with Gasteiger partial charge in [0.15, 0.2) is 0 Å². The number of hydrogen-bond acceptors (Lipinski definition) is 4. The summed E-state index contributed by atoms with van der Waals surface area (Å²) in [6.07, 6.45) is 0.910. The van der Waals surface area contributed by atoms with Gasteiger partial charge in [0.25, 0.3) is 0 Å². The number of amides is 1. The molecule has 5 heteroatoms. The van der Waals surface area contributed by atoms with Crippen molar-refractivity contribution in [3.63, 3.8) is 0 Å². The highest BCUT2D eigenvalue weighted by atomic mass is 16.5. The maximum Gasteiger partial charge on any atom is 0.334 e. The van der Waals surface area contributed by atoms with Crippen LogP contribution < -0.4 is 5.32 Å². The summed E-state index contributed by atoms with van der Waals surface area (Å²) in [5.74, 6) is -0.472. The molecule has 0 unspecified atom stereocenters. The van der Waals surface area contributed by atoms with Gasteiger partial charge in [-0.05, 0) is 19.9 Å². The number of carbonyl (C=O) groups is 2. The highest BCUT2D eigenvalue weighted by Gasteiger charge is 2.14. The van der Waals surface area contributed by atoms with Crippen LogP contribution in [0, 0.1) is 0 Å². The molecule has 0 saturated carbocycles. The quantitative estimate of drug-likeness (QED) is 0.499. The smallest absolute Gasteiger partial charge is 0.334 e. The van der Waals surface area contributed by atoms with E-state index in [1.807, 2.05) is 11.8 Å². The molecule has 0 heterocycles. The van der Waals surface area contributed by atoms with E-state index in [0.29, 0.717) is 18.7 Å². The van der Waals surface area contributed by atoms with Crippen molar-refractivity contribution in [3.05, 3.63) is 12.2 Å². The number of carbonyl (C=O) groups excluding carboxylic acids is 2.